The molecule has 3 N–H and O–H groups in total. The highest BCUT2D eigenvalue weighted by Crippen LogP contribution is 2.12. The van der Waals surface area contributed by atoms with E-state index in [1.165, 1.54) is 24.3 Å². The molecule has 0 saturated carbocycles. The Morgan fingerprint density at radius 2 is 1.57 bits per heavy atom. The monoisotopic (exact) mass is 433 g/mol. The normalized spacial score (nSPS) is 10.9. The second-order valence-electron chi connectivity index (χ2n) is 6.82. The first kappa shape index (κ1) is 23.2. The molecule has 2 amide bonds. The number of ether oxygens (including phenoxy) is 1. The van der Waals surface area contributed by atoms with Crippen LogP contribution < -0.4 is 20.1 Å². The molecule has 0 saturated heterocycles. The van der Waals surface area contributed by atoms with Gasteiger partial charge in [0.25, 0.3) is 5.91 Å². The number of aryl methyl sites for hydroxylation is 1. The van der Waals surface area contributed by atoms with Gasteiger partial charge in [-0.25, -0.2) is 8.42 Å². The van der Waals surface area contributed by atoms with Crippen molar-refractivity contribution in [3.63, 3.8) is 0 Å². The molecular formula is C21H27N3O5S. The predicted molar refractivity (Wildman–Crippen MR) is 116 cm³/mol. The summed E-state index contributed by atoms with van der Waals surface area (Å²) in [6, 6.07) is 13.8. The lowest BCUT2D eigenvalue weighted by Crippen LogP contribution is -2.34. The van der Waals surface area contributed by atoms with Gasteiger partial charge in [0.15, 0.2) is 0 Å². The van der Waals surface area contributed by atoms with Crippen molar-refractivity contribution in [1.82, 2.24) is 10.6 Å². The average Bonchev–Trinajstić information content (AvgIpc) is 2.69. The molecular weight excluding hydrogens is 406 g/mol. The molecule has 162 valence electrons. The zero-order chi connectivity index (χ0) is 22.0. The van der Waals surface area contributed by atoms with E-state index in [9.17, 15) is 18.0 Å². The summed E-state index contributed by atoms with van der Waals surface area (Å²) in [6.07, 6.45) is 1.99. The molecule has 0 aliphatic heterocycles. The number of carbonyl (C=O) groups is 2. The lowest BCUT2D eigenvalue weighted by Gasteiger charge is -2.09. The molecule has 0 radical (unpaired) electrons. The van der Waals surface area contributed by atoms with E-state index in [4.69, 9.17) is 4.74 Å². The van der Waals surface area contributed by atoms with Gasteiger partial charge in [0, 0.05) is 30.8 Å². The van der Waals surface area contributed by atoms with E-state index in [1.807, 2.05) is 31.2 Å². The van der Waals surface area contributed by atoms with Crippen molar-refractivity contribution in [1.29, 1.82) is 0 Å². The lowest BCUT2D eigenvalue weighted by molar-refractivity contribution is -0.121. The topological polar surface area (TPSA) is 114 Å². The Bertz CT molecular complexity index is 942. The van der Waals surface area contributed by atoms with Gasteiger partial charge < -0.3 is 15.4 Å². The first-order valence-electron chi connectivity index (χ1n) is 9.55. The Morgan fingerprint density at radius 3 is 2.20 bits per heavy atom. The smallest absolute Gasteiger partial charge is 0.251 e. The van der Waals surface area contributed by atoms with Crippen LogP contribution >= 0.6 is 0 Å². The summed E-state index contributed by atoms with van der Waals surface area (Å²) in [5.74, 6) is 0.374. The number of hydrogen-bond donors (Lipinski definition) is 3. The van der Waals surface area contributed by atoms with Crippen molar-refractivity contribution < 1.29 is 22.7 Å². The van der Waals surface area contributed by atoms with E-state index in [2.05, 4.69) is 15.4 Å². The van der Waals surface area contributed by atoms with Crippen molar-refractivity contribution in [2.45, 2.75) is 19.8 Å². The first-order valence-corrected chi connectivity index (χ1v) is 11.4. The van der Waals surface area contributed by atoms with Gasteiger partial charge in [0.1, 0.15) is 5.75 Å². The minimum absolute atomic E-state index is 0.104. The number of rotatable bonds is 11. The van der Waals surface area contributed by atoms with Crippen LogP contribution in [-0.2, 0) is 14.8 Å². The van der Waals surface area contributed by atoms with Crippen LogP contribution in [0.5, 0.6) is 5.75 Å². The Morgan fingerprint density at radius 1 is 0.933 bits per heavy atom. The standard InChI is InChI=1S/C21H27N3O5S/c1-16-5-11-19(12-6-16)29-15-3-4-20(25)22-13-14-23-21(26)17-7-9-18(10-8-17)24-30(2,27)28/h5-12,24H,3-4,13-15H2,1-2H3,(H,22,25)(H,23,26). The molecule has 0 aliphatic rings. The molecule has 9 heteroatoms. The van der Waals surface area contributed by atoms with Crippen LogP contribution in [0, 0.1) is 6.92 Å². The van der Waals surface area contributed by atoms with Crippen LogP contribution in [0.1, 0.15) is 28.8 Å². The fraction of sp³-hybridized carbons (Fsp3) is 0.333. The minimum atomic E-state index is -3.36. The molecule has 0 atom stereocenters. The number of benzene rings is 2. The summed E-state index contributed by atoms with van der Waals surface area (Å²) in [7, 11) is -3.36. The van der Waals surface area contributed by atoms with E-state index in [0.29, 0.717) is 37.2 Å². The van der Waals surface area contributed by atoms with Crippen molar-refractivity contribution in [2.24, 2.45) is 0 Å². The van der Waals surface area contributed by atoms with Crippen LogP contribution in [0.15, 0.2) is 48.5 Å². The molecule has 0 unspecified atom stereocenters. The number of sulfonamides is 1. The largest absolute Gasteiger partial charge is 0.494 e. The zero-order valence-electron chi connectivity index (χ0n) is 17.1. The van der Waals surface area contributed by atoms with Gasteiger partial charge in [-0.2, -0.15) is 0 Å². The van der Waals surface area contributed by atoms with Gasteiger partial charge in [0.05, 0.1) is 12.9 Å². The van der Waals surface area contributed by atoms with E-state index in [0.717, 1.165) is 17.6 Å². The highest BCUT2D eigenvalue weighted by atomic mass is 32.2. The van der Waals surface area contributed by atoms with Crippen molar-refractivity contribution in [3.8, 4) is 5.75 Å². The molecule has 2 aromatic carbocycles. The van der Waals surface area contributed by atoms with Gasteiger partial charge >= 0.3 is 0 Å². The van der Waals surface area contributed by atoms with Crippen LogP contribution in [0.2, 0.25) is 0 Å². The number of carbonyl (C=O) groups excluding carboxylic acids is 2. The van der Waals surface area contributed by atoms with Crippen molar-refractivity contribution in [3.05, 3.63) is 59.7 Å². The summed E-state index contributed by atoms with van der Waals surface area (Å²) in [5, 5.41) is 5.44. The molecule has 30 heavy (non-hydrogen) atoms. The Kier molecular flexibility index (Phi) is 8.67. The van der Waals surface area contributed by atoms with Gasteiger partial charge in [0.2, 0.25) is 15.9 Å². The van der Waals surface area contributed by atoms with Crippen LogP contribution in [0.25, 0.3) is 0 Å². The summed E-state index contributed by atoms with van der Waals surface area (Å²) in [4.78, 5) is 23.9. The number of nitrogens with one attached hydrogen (secondary N) is 3. The summed E-state index contributed by atoms with van der Waals surface area (Å²) in [5.41, 5.74) is 1.94. The second kappa shape index (κ2) is 11.2. The highest BCUT2D eigenvalue weighted by Gasteiger charge is 2.07. The van der Waals surface area contributed by atoms with Crippen LogP contribution in [0.3, 0.4) is 0 Å². The fourth-order valence-corrected chi connectivity index (χ4v) is 3.09. The minimum Gasteiger partial charge on any atom is -0.494 e. The van der Waals surface area contributed by atoms with Gasteiger partial charge in [-0.1, -0.05) is 17.7 Å². The van der Waals surface area contributed by atoms with E-state index in [1.54, 1.807) is 0 Å². The lowest BCUT2D eigenvalue weighted by atomic mass is 10.2. The third-order valence-electron chi connectivity index (χ3n) is 4.02. The van der Waals surface area contributed by atoms with Gasteiger partial charge in [-0.3, -0.25) is 14.3 Å². The van der Waals surface area contributed by atoms with Crippen molar-refractivity contribution >= 4 is 27.5 Å². The number of anilines is 1. The Balaban J connectivity index is 1.59. The fourth-order valence-electron chi connectivity index (χ4n) is 2.53. The molecule has 0 bridgehead atoms. The third-order valence-corrected chi connectivity index (χ3v) is 4.63. The molecule has 2 aromatic rings. The second-order valence-corrected chi connectivity index (χ2v) is 8.57. The Hall–Kier alpha value is -3.07. The molecule has 0 aliphatic carbocycles. The molecule has 0 fully saturated rings. The number of amides is 2. The number of hydrogen-bond acceptors (Lipinski definition) is 5. The predicted octanol–water partition coefficient (Wildman–Crippen LogP) is 2.07. The highest BCUT2D eigenvalue weighted by molar-refractivity contribution is 7.92. The summed E-state index contributed by atoms with van der Waals surface area (Å²) >= 11 is 0. The molecule has 2 rings (SSSR count). The maximum atomic E-state index is 12.1. The zero-order valence-corrected chi connectivity index (χ0v) is 17.9. The maximum Gasteiger partial charge on any atom is 0.251 e. The molecule has 0 spiro atoms. The van der Waals surface area contributed by atoms with E-state index in [-0.39, 0.29) is 18.4 Å². The summed E-state index contributed by atoms with van der Waals surface area (Å²) in [6.45, 7) is 3.06. The molecule has 8 nitrogen and oxygen atoms in total. The van der Waals surface area contributed by atoms with Crippen LogP contribution in [-0.4, -0.2) is 46.2 Å². The molecule has 0 heterocycles. The van der Waals surface area contributed by atoms with E-state index < -0.39 is 10.0 Å². The average molecular weight is 434 g/mol. The SMILES string of the molecule is Cc1ccc(OCCCC(=O)NCCNC(=O)c2ccc(NS(C)(=O)=O)cc2)cc1. The van der Waals surface area contributed by atoms with Gasteiger partial charge in [-0.15, -0.1) is 0 Å². The third kappa shape index (κ3) is 8.95. The molecule has 0 aromatic heterocycles. The van der Waals surface area contributed by atoms with Gasteiger partial charge in [-0.05, 0) is 49.7 Å². The Labute approximate surface area is 177 Å². The van der Waals surface area contributed by atoms with Crippen molar-refractivity contribution in [2.75, 3.05) is 30.7 Å². The van der Waals surface area contributed by atoms with Crippen LogP contribution in [0.4, 0.5) is 5.69 Å². The summed E-state index contributed by atoms with van der Waals surface area (Å²) < 4.78 is 30.3. The quantitative estimate of drug-likeness (QED) is 0.470. The van der Waals surface area contributed by atoms with E-state index >= 15 is 0 Å². The first-order chi connectivity index (χ1) is 14.2. The maximum absolute atomic E-state index is 12.1.